The number of nitrogens with one attached hydrogen (secondary N) is 1. The van der Waals surface area contributed by atoms with Gasteiger partial charge >= 0.3 is 0 Å². The van der Waals surface area contributed by atoms with Crippen molar-refractivity contribution in [1.82, 2.24) is 4.98 Å². The van der Waals surface area contributed by atoms with Crippen LogP contribution in [0, 0.1) is 0 Å². The van der Waals surface area contributed by atoms with E-state index in [1.54, 1.807) is 24.6 Å². The second-order valence-electron chi connectivity index (χ2n) is 2.42. The van der Waals surface area contributed by atoms with Gasteiger partial charge in [-0.2, -0.15) is 4.98 Å². The zero-order chi connectivity index (χ0) is 9.26. The summed E-state index contributed by atoms with van der Waals surface area (Å²) in [4.78, 5) is 5.32. The molecule has 5 heteroatoms. The number of nitrogens with zero attached hydrogens (tertiary/aromatic N) is 1. The van der Waals surface area contributed by atoms with E-state index in [-0.39, 0.29) is 0 Å². The average Bonchev–Trinajstić information content (AvgIpc) is 2.71. The smallest absolute Gasteiger partial charge is 0.294 e. The van der Waals surface area contributed by atoms with Crippen LogP contribution in [0.2, 0.25) is 0 Å². The summed E-state index contributed by atoms with van der Waals surface area (Å²) in [5, 5.41) is 4.86. The maximum absolute atomic E-state index is 5.15. The van der Waals surface area contributed by atoms with E-state index in [4.69, 9.17) is 4.42 Å². The normalized spacial score (nSPS) is 10.3. The Morgan fingerprint density at radius 1 is 1.62 bits per heavy atom. The highest BCUT2D eigenvalue weighted by Crippen LogP contribution is 2.29. The molecule has 0 aliphatic rings. The van der Waals surface area contributed by atoms with Gasteiger partial charge in [0.2, 0.25) is 0 Å². The molecule has 2 heterocycles. The molecule has 0 aliphatic carbocycles. The van der Waals surface area contributed by atoms with Crippen molar-refractivity contribution >= 4 is 33.3 Å². The van der Waals surface area contributed by atoms with Crippen LogP contribution in [0.25, 0.3) is 10.6 Å². The van der Waals surface area contributed by atoms with Crippen LogP contribution in [0.1, 0.15) is 0 Å². The van der Waals surface area contributed by atoms with E-state index in [1.165, 1.54) is 0 Å². The lowest BCUT2D eigenvalue weighted by atomic mass is 10.4. The number of oxazole rings is 1. The van der Waals surface area contributed by atoms with Crippen molar-refractivity contribution in [2.75, 3.05) is 12.4 Å². The minimum Gasteiger partial charge on any atom is -0.431 e. The molecule has 0 fully saturated rings. The summed E-state index contributed by atoms with van der Waals surface area (Å²) >= 11 is 5.02. The minimum absolute atomic E-state index is 0.541. The van der Waals surface area contributed by atoms with Gasteiger partial charge in [-0.1, -0.05) is 0 Å². The van der Waals surface area contributed by atoms with Gasteiger partial charge in [0.25, 0.3) is 6.01 Å². The maximum atomic E-state index is 5.15. The predicted octanol–water partition coefficient (Wildman–Crippen LogP) is 3.21. The topological polar surface area (TPSA) is 38.1 Å². The fraction of sp³-hybridized carbons (Fsp3) is 0.125. The minimum atomic E-state index is 0.541. The molecular weight excluding hydrogens is 252 g/mol. The second-order valence-corrected chi connectivity index (χ2v) is 4.24. The Morgan fingerprint density at radius 2 is 2.46 bits per heavy atom. The highest BCUT2D eigenvalue weighted by molar-refractivity contribution is 9.10. The summed E-state index contributed by atoms with van der Waals surface area (Å²) in [5.41, 5.74) is 0.861. The molecule has 0 bridgehead atoms. The lowest BCUT2D eigenvalue weighted by Crippen LogP contribution is -1.86. The highest BCUT2D eigenvalue weighted by atomic mass is 79.9. The first-order valence-corrected chi connectivity index (χ1v) is 5.34. The summed E-state index contributed by atoms with van der Waals surface area (Å²) in [6.45, 7) is 0. The molecule has 0 saturated carbocycles. The molecule has 0 spiro atoms. The van der Waals surface area contributed by atoms with E-state index in [1.807, 2.05) is 11.4 Å². The van der Waals surface area contributed by atoms with Gasteiger partial charge in [0.1, 0.15) is 12.0 Å². The van der Waals surface area contributed by atoms with E-state index in [0.717, 1.165) is 15.0 Å². The summed E-state index contributed by atoms with van der Waals surface area (Å²) < 4.78 is 6.22. The predicted molar refractivity (Wildman–Crippen MR) is 57.1 cm³/mol. The van der Waals surface area contributed by atoms with Crippen molar-refractivity contribution in [1.29, 1.82) is 0 Å². The van der Waals surface area contributed by atoms with Crippen LogP contribution in [0.15, 0.2) is 26.6 Å². The third kappa shape index (κ3) is 1.76. The summed E-state index contributed by atoms with van der Waals surface area (Å²) in [7, 11) is 1.78. The van der Waals surface area contributed by atoms with E-state index < -0.39 is 0 Å². The first kappa shape index (κ1) is 8.77. The number of halogens is 1. The molecular formula is C8H7BrN2OS. The average molecular weight is 259 g/mol. The molecule has 2 rings (SSSR count). The maximum Gasteiger partial charge on any atom is 0.294 e. The largest absolute Gasteiger partial charge is 0.431 e. The molecule has 0 amide bonds. The highest BCUT2D eigenvalue weighted by Gasteiger charge is 2.06. The van der Waals surface area contributed by atoms with Gasteiger partial charge in [0.15, 0.2) is 0 Å². The molecule has 0 saturated heterocycles. The third-order valence-corrected chi connectivity index (χ3v) is 3.25. The van der Waals surface area contributed by atoms with Crippen molar-refractivity contribution < 1.29 is 4.42 Å². The number of aromatic nitrogens is 1. The number of anilines is 1. The zero-order valence-electron chi connectivity index (χ0n) is 6.87. The molecule has 13 heavy (non-hydrogen) atoms. The van der Waals surface area contributed by atoms with Gasteiger partial charge in [0, 0.05) is 16.9 Å². The van der Waals surface area contributed by atoms with E-state index in [0.29, 0.717) is 6.01 Å². The number of thiophene rings is 1. The van der Waals surface area contributed by atoms with Crippen LogP contribution in [0.5, 0.6) is 0 Å². The quantitative estimate of drug-likeness (QED) is 0.899. The van der Waals surface area contributed by atoms with Gasteiger partial charge in [-0.25, -0.2) is 0 Å². The first-order chi connectivity index (χ1) is 6.29. The van der Waals surface area contributed by atoms with E-state index in [9.17, 15) is 0 Å². The first-order valence-electron chi connectivity index (χ1n) is 3.67. The van der Waals surface area contributed by atoms with Crippen LogP contribution in [0.3, 0.4) is 0 Å². The van der Waals surface area contributed by atoms with Crippen LogP contribution in [-0.2, 0) is 0 Å². The van der Waals surface area contributed by atoms with Crippen molar-refractivity contribution in [3.63, 3.8) is 0 Å². The lowest BCUT2D eigenvalue weighted by Gasteiger charge is -1.86. The third-order valence-electron chi connectivity index (χ3n) is 1.54. The van der Waals surface area contributed by atoms with Crippen LogP contribution < -0.4 is 5.32 Å². The van der Waals surface area contributed by atoms with Crippen molar-refractivity contribution in [2.45, 2.75) is 0 Å². The van der Waals surface area contributed by atoms with Gasteiger partial charge in [-0.3, -0.25) is 0 Å². The molecule has 0 unspecified atom stereocenters. The Hall–Kier alpha value is -0.810. The Kier molecular flexibility index (Phi) is 2.37. The number of hydrogen-bond donors (Lipinski definition) is 1. The van der Waals surface area contributed by atoms with Gasteiger partial charge in [0.05, 0.1) is 4.88 Å². The molecule has 68 valence electrons. The molecule has 0 radical (unpaired) electrons. The Labute approximate surface area is 87.9 Å². The second kappa shape index (κ2) is 3.51. The Balaban J connectivity index is 2.35. The molecule has 0 atom stereocenters. The van der Waals surface area contributed by atoms with Crippen molar-refractivity contribution in [3.8, 4) is 10.6 Å². The fourth-order valence-electron chi connectivity index (χ4n) is 0.949. The molecule has 2 aromatic rings. The van der Waals surface area contributed by atoms with Crippen molar-refractivity contribution in [2.24, 2.45) is 0 Å². The lowest BCUT2D eigenvalue weighted by molar-refractivity contribution is 0.576. The summed E-state index contributed by atoms with van der Waals surface area (Å²) in [6, 6.07) is 2.56. The van der Waals surface area contributed by atoms with Crippen LogP contribution >= 0.6 is 27.3 Å². The Bertz CT molecular complexity index is 410. The van der Waals surface area contributed by atoms with Gasteiger partial charge < -0.3 is 9.73 Å². The van der Waals surface area contributed by atoms with E-state index in [2.05, 4.69) is 26.2 Å². The fourth-order valence-corrected chi connectivity index (χ4v) is 2.33. The summed E-state index contributed by atoms with van der Waals surface area (Å²) in [5.74, 6) is 0. The molecule has 2 aromatic heterocycles. The molecule has 3 nitrogen and oxygen atoms in total. The standard InChI is InChI=1S/C8H7BrN2OS/c1-10-8-11-6(3-12-8)7-2-5(9)4-13-7/h2-4H,1H3,(H,10,11). The van der Waals surface area contributed by atoms with Gasteiger partial charge in [-0.05, 0) is 22.0 Å². The monoisotopic (exact) mass is 258 g/mol. The van der Waals surface area contributed by atoms with Crippen LogP contribution in [0.4, 0.5) is 6.01 Å². The molecule has 1 N–H and O–H groups in total. The summed E-state index contributed by atoms with van der Waals surface area (Å²) in [6.07, 6.45) is 1.64. The van der Waals surface area contributed by atoms with E-state index >= 15 is 0 Å². The number of rotatable bonds is 2. The molecule has 0 aromatic carbocycles. The Morgan fingerprint density at radius 3 is 3.00 bits per heavy atom. The van der Waals surface area contributed by atoms with Gasteiger partial charge in [-0.15, -0.1) is 11.3 Å². The molecule has 0 aliphatic heterocycles. The zero-order valence-corrected chi connectivity index (χ0v) is 9.28. The SMILES string of the molecule is CNc1nc(-c2cc(Br)cs2)co1. The van der Waals surface area contributed by atoms with Crippen molar-refractivity contribution in [3.05, 3.63) is 22.2 Å². The number of hydrogen-bond acceptors (Lipinski definition) is 4. The van der Waals surface area contributed by atoms with Crippen LogP contribution in [-0.4, -0.2) is 12.0 Å².